The average Bonchev–Trinajstić information content (AvgIpc) is 2.73. The number of benzene rings is 3. The zero-order valence-electron chi connectivity index (χ0n) is 16.4. The van der Waals surface area contributed by atoms with Gasteiger partial charge in [-0.05, 0) is 42.5 Å². The van der Waals surface area contributed by atoms with E-state index < -0.39 is 35.6 Å². The monoisotopic (exact) mass is 497 g/mol. The molecule has 0 saturated heterocycles. The predicted octanol–water partition coefficient (Wildman–Crippen LogP) is 3.86. The van der Waals surface area contributed by atoms with Crippen molar-refractivity contribution in [2.24, 2.45) is 0 Å². The first kappa shape index (κ1) is 23.3. The second kappa shape index (κ2) is 9.02. The smallest absolute Gasteiger partial charge is 0.289 e. The summed E-state index contributed by atoms with van der Waals surface area (Å²) in [6.45, 7) is 0. The highest BCUT2D eigenvalue weighted by Crippen LogP contribution is 2.29. The molecule has 0 heterocycles. The molecule has 13 heteroatoms. The number of methoxy groups -OCH3 is 1. The summed E-state index contributed by atoms with van der Waals surface area (Å²) >= 11 is 5.72. The molecule has 0 aliphatic rings. The molecular weight excluding hydrogens is 482 g/mol. The van der Waals surface area contributed by atoms with Crippen LogP contribution in [0.3, 0.4) is 0 Å². The first-order valence-electron chi connectivity index (χ1n) is 8.76. The zero-order valence-corrected chi connectivity index (χ0v) is 18.7. The third-order valence-corrected chi connectivity index (χ3v) is 7.23. The fourth-order valence-electron chi connectivity index (χ4n) is 2.67. The Morgan fingerprint density at radius 2 is 1.53 bits per heavy atom. The average molecular weight is 498 g/mol. The molecule has 10 nitrogen and oxygen atoms in total. The number of hydrogen-bond acceptors (Lipinski definition) is 7. The lowest BCUT2D eigenvalue weighted by atomic mass is 10.3. The molecule has 0 bridgehead atoms. The number of halogens is 1. The number of para-hydroxylation sites is 2. The van der Waals surface area contributed by atoms with Gasteiger partial charge < -0.3 is 4.74 Å². The van der Waals surface area contributed by atoms with Gasteiger partial charge in [-0.2, -0.15) is 0 Å². The van der Waals surface area contributed by atoms with Crippen LogP contribution in [-0.2, 0) is 20.0 Å². The SMILES string of the molecule is COc1ccccc1NS(=O)(=O)c1cccc(NS(=O)(=O)c2ccc(Cl)c([N+](=O)[O-])c2)c1. The van der Waals surface area contributed by atoms with Crippen LogP contribution in [0.5, 0.6) is 5.75 Å². The Bertz CT molecular complexity index is 1390. The molecule has 0 spiro atoms. The largest absolute Gasteiger partial charge is 0.495 e. The second-order valence-corrected chi connectivity index (χ2v) is 10.1. The van der Waals surface area contributed by atoms with Crippen LogP contribution < -0.4 is 14.2 Å². The molecule has 3 rings (SSSR count). The van der Waals surface area contributed by atoms with Gasteiger partial charge in [0.05, 0.1) is 33.2 Å². The molecule has 32 heavy (non-hydrogen) atoms. The summed E-state index contributed by atoms with van der Waals surface area (Å²) in [7, 11) is -6.96. The summed E-state index contributed by atoms with van der Waals surface area (Å²) in [6.07, 6.45) is 0. The second-order valence-electron chi connectivity index (χ2n) is 6.31. The van der Waals surface area contributed by atoms with E-state index in [0.29, 0.717) is 5.75 Å². The van der Waals surface area contributed by atoms with Gasteiger partial charge in [-0.25, -0.2) is 16.8 Å². The Morgan fingerprint density at radius 3 is 2.22 bits per heavy atom. The van der Waals surface area contributed by atoms with E-state index in [1.807, 2.05) is 0 Å². The van der Waals surface area contributed by atoms with Crippen LogP contribution in [0.2, 0.25) is 5.02 Å². The van der Waals surface area contributed by atoms with Gasteiger partial charge >= 0.3 is 0 Å². The molecule has 3 aromatic carbocycles. The lowest BCUT2D eigenvalue weighted by Crippen LogP contribution is -2.16. The Morgan fingerprint density at radius 1 is 0.875 bits per heavy atom. The van der Waals surface area contributed by atoms with Crippen LogP contribution in [0.15, 0.2) is 76.5 Å². The molecule has 2 N–H and O–H groups in total. The van der Waals surface area contributed by atoms with Crippen LogP contribution in [0.1, 0.15) is 0 Å². The first-order valence-corrected chi connectivity index (χ1v) is 12.1. The molecule has 0 aromatic heterocycles. The van der Waals surface area contributed by atoms with Gasteiger partial charge in [0.2, 0.25) is 0 Å². The van der Waals surface area contributed by atoms with Crippen molar-refractivity contribution in [3.63, 3.8) is 0 Å². The van der Waals surface area contributed by atoms with E-state index in [4.69, 9.17) is 16.3 Å². The lowest BCUT2D eigenvalue weighted by molar-refractivity contribution is -0.384. The molecule has 3 aromatic rings. The van der Waals surface area contributed by atoms with Crippen LogP contribution in [0.4, 0.5) is 17.1 Å². The fraction of sp³-hybridized carbons (Fsp3) is 0.0526. The fourth-order valence-corrected chi connectivity index (χ4v) is 5.04. The van der Waals surface area contributed by atoms with E-state index in [9.17, 15) is 26.9 Å². The predicted molar refractivity (Wildman–Crippen MR) is 119 cm³/mol. The number of nitrogens with zero attached hydrogens (tertiary/aromatic N) is 1. The number of nitro benzene ring substituents is 1. The molecule has 0 atom stereocenters. The van der Waals surface area contributed by atoms with Crippen molar-refractivity contribution in [1.82, 2.24) is 0 Å². The zero-order chi connectivity index (χ0) is 23.5. The minimum Gasteiger partial charge on any atom is -0.495 e. The van der Waals surface area contributed by atoms with Gasteiger partial charge in [0.25, 0.3) is 25.7 Å². The molecule has 0 radical (unpaired) electrons. The van der Waals surface area contributed by atoms with Crippen molar-refractivity contribution < 1.29 is 26.5 Å². The van der Waals surface area contributed by atoms with Crippen molar-refractivity contribution in [2.45, 2.75) is 9.79 Å². The topological polar surface area (TPSA) is 145 Å². The highest BCUT2D eigenvalue weighted by Gasteiger charge is 2.22. The number of rotatable bonds is 8. The van der Waals surface area contributed by atoms with Gasteiger partial charge in [0, 0.05) is 6.07 Å². The number of sulfonamides is 2. The minimum absolute atomic E-state index is 0.0643. The van der Waals surface area contributed by atoms with E-state index in [0.717, 1.165) is 24.3 Å². The summed E-state index contributed by atoms with van der Waals surface area (Å²) < 4.78 is 60.6. The summed E-state index contributed by atoms with van der Waals surface area (Å²) in [5, 5.41) is 10.8. The normalized spacial score (nSPS) is 11.6. The molecule has 168 valence electrons. The van der Waals surface area contributed by atoms with Crippen molar-refractivity contribution in [3.8, 4) is 5.75 Å². The van der Waals surface area contributed by atoms with Crippen LogP contribution in [0.25, 0.3) is 0 Å². The van der Waals surface area contributed by atoms with E-state index >= 15 is 0 Å². The van der Waals surface area contributed by atoms with E-state index in [2.05, 4.69) is 9.44 Å². The molecule has 0 saturated carbocycles. The Labute approximate surface area is 189 Å². The van der Waals surface area contributed by atoms with E-state index in [-0.39, 0.29) is 21.3 Å². The number of hydrogen-bond donors (Lipinski definition) is 2. The van der Waals surface area contributed by atoms with Gasteiger partial charge in [-0.1, -0.05) is 29.8 Å². The third-order valence-electron chi connectivity index (χ3n) is 4.17. The van der Waals surface area contributed by atoms with Gasteiger partial charge in [-0.3, -0.25) is 19.6 Å². The molecule has 0 fully saturated rings. The van der Waals surface area contributed by atoms with Crippen LogP contribution >= 0.6 is 11.6 Å². The molecule has 0 aliphatic carbocycles. The van der Waals surface area contributed by atoms with Crippen molar-refractivity contribution >= 4 is 48.7 Å². The lowest BCUT2D eigenvalue weighted by Gasteiger charge is -2.13. The van der Waals surface area contributed by atoms with Crippen molar-refractivity contribution in [1.29, 1.82) is 0 Å². The molecular formula is C19H16ClN3O7S2. The van der Waals surface area contributed by atoms with Crippen LogP contribution in [-0.4, -0.2) is 28.9 Å². The maximum absolute atomic E-state index is 12.8. The maximum Gasteiger partial charge on any atom is 0.289 e. The minimum atomic E-state index is -4.27. The quantitative estimate of drug-likeness (QED) is 0.355. The summed E-state index contributed by atoms with van der Waals surface area (Å²) in [6, 6.07) is 14.5. The number of nitro groups is 1. The van der Waals surface area contributed by atoms with E-state index in [1.54, 1.807) is 18.2 Å². The Hall–Kier alpha value is -3.35. The molecule has 0 amide bonds. The molecule has 0 unspecified atom stereocenters. The van der Waals surface area contributed by atoms with Crippen LogP contribution in [0, 0.1) is 10.1 Å². The summed E-state index contributed by atoms with van der Waals surface area (Å²) in [5.41, 5.74) is -0.438. The van der Waals surface area contributed by atoms with Gasteiger partial charge in [-0.15, -0.1) is 0 Å². The molecule has 0 aliphatic heterocycles. The van der Waals surface area contributed by atoms with E-state index in [1.165, 1.54) is 31.4 Å². The Balaban J connectivity index is 1.90. The number of ether oxygens (including phenoxy) is 1. The van der Waals surface area contributed by atoms with Gasteiger partial charge in [0.15, 0.2) is 0 Å². The summed E-state index contributed by atoms with van der Waals surface area (Å²) in [4.78, 5) is 9.60. The highest BCUT2D eigenvalue weighted by molar-refractivity contribution is 7.93. The Kier molecular flexibility index (Phi) is 6.57. The van der Waals surface area contributed by atoms with Crippen molar-refractivity contribution in [2.75, 3.05) is 16.6 Å². The van der Waals surface area contributed by atoms with Gasteiger partial charge in [0.1, 0.15) is 10.8 Å². The maximum atomic E-state index is 12.8. The first-order chi connectivity index (χ1) is 15.0. The standard InChI is InChI=1S/C19H16ClN3O7S2/c1-30-19-8-3-2-7-17(19)22-32(28,29)14-6-4-5-13(11-14)21-31(26,27)15-9-10-16(20)18(12-15)23(24)25/h2-12,21-22H,1H3. The summed E-state index contributed by atoms with van der Waals surface area (Å²) in [5.74, 6) is 0.303. The number of anilines is 2. The number of nitrogens with one attached hydrogen (secondary N) is 2. The van der Waals surface area contributed by atoms with Crippen molar-refractivity contribution in [3.05, 3.63) is 81.9 Å². The highest BCUT2D eigenvalue weighted by atomic mass is 35.5. The third kappa shape index (κ3) is 5.10.